The second-order valence-corrected chi connectivity index (χ2v) is 8.46. The van der Waals surface area contributed by atoms with Gasteiger partial charge in [-0.05, 0) is 29.7 Å². The van der Waals surface area contributed by atoms with Crippen LogP contribution in [0.1, 0.15) is 28.4 Å². The smallest absolute Gasteiger partial charge is 0.246 e. The van der Waals surface area contributed by atoms with Crippen molar-refractivity contribution in [2.75, 3.05) is 27.3 Å². The minimum Gasteiger partial charge on any atom is -0.356 e. The molecular weight excluding hydrogens is 406 g/mol. The number of aryl methyl sites for hydroxylation is 1. The monoisotopic (exact) mass is 433 g/mol. The van der Waals surface area contributed by atoms with E-state index in [9.17, 15) is 9.59 Å². The topological polar surface area (TPSA) is 74.9 Å². The van der Waals surface area contributed by atoms with Crippen LogP contribution in [0.25, 0.3) is 10.9 Å². The zero-order valence-electron chi connectivity index (χ0n) is 18.5. The first-order valence-electron chi connectivity index (χ1n) is 10.8. The molecular formula is C25H27N3O4. The normalized spacial score (nSPS) is 20.8. The van der Waals surface area contributed by atoms with Crippen LogP contribution < -0.4 is 0 Å². The fourth-order valence-corrected chi connectivity index (χ4v) is 5.12. The first-order valence-corrected chi connectivity index (χ1v) is 10.8. The summed E-state index contributed by atoms with van der Waals surface area (Å²) in [5.41, 5.74) is 5.24. The van der Waals surface area contributed by atoms with Crippen molar-refractivity contribution < 1.29 is 19.1 Å². The molecule has 32 heavy (non-hydrogen) atoms. The number of aromatic nitrogens is 1. The van der Waals surface area contributed by atoms with Gasteiger partial charge in [-0.3, -0.25) is 9.59 Å². The number of hydrogen-bond acceptors (Lipinski definition) is 4. The molecule has 2 aliphatic heterocycles. The van der Waals surface area contributed by atoms with Gasteiger partial charge >= 0.3 is 0 Å². The predicted molar refractivity (Wildman–Crippen MR) is 120 cm³/mol. The summed E-state index contributed by atoms with van der Waals surface area (Å²) in [6.45, 7) is 2.28. The maximum absolute atomic E-state index is 13.6. The van der Waals surface area contributed by atoms with E-state index in [2.05, 4.69) is 11.1 Å². The lowest BCUT2D eigenvalue weighted by molar-refractivity contribution is -0.167. The third-order valence-corrected chi connectivity index (χ3v) is 6.72. The van der Waals surface area contributed by atoms with Crippen LogP contribution in [-0.4, -0.2) is 66.2 Å². The molecule has 5 rings (SSSR count). The number of methoxy groups -OCH3 is 2. The third-order valence-electron chi connectivity index (χ3n) is 6.72. The molecule has 0 radical (unpaired) electrons. The number of carbonyl (C=O) groups excluding carboxylic acids is 2. The minimum absolute atomic E-state index is 0.0104. The standard InChI is InChI=1S/C25H27N3O4/c1-15-8-4-5-9-16(15)24-23-18(17-10-6-7-11-19(17)26-23)12-20-25(30)27(13-21(29)28(20)24)14-22(31-2)32-3/h4-11,20,22,24,26H,12-14H2,1-3H3/t20-,24-/m0/s1. The van der Waals surface area contributed by atoms with Gasteiger partial charge in [-0.2, -0.15) is 0 Å². The molecule has 0 unspecified atom stereocenters. The van der Waals surface area contributed by atoms with Crippen LogP contribution >= 0.6 is 0 Å². The second-order valence-electron chi connectivity index (χ2n) is 8.46. The molecule has 1 aromatic heterocycles. The number of amides is 2. The Morgan fingerprint density at radius 2 is 1.78 bits per heavy atom. The number of rotatable bonds is 5. The fraction of sp³-hybridized carbons (Fsp3) is 0.360. The van der Waals surface area contributed by atoms with Crippen molar-refractivity contribution in [3.63, 3.8) is 0 Å². The fourth-order valence-electron chi connectivity index (χ4n) is 5.12. The number of piperazine rings is 1. The highest BCUT2D eigenvalue weighted by Crippen LogP contribution is 2.43. The van der Waals surface area contributed by atoms with E-state index in [1.165, 1.54) is 14.2 Å². The van der Waals surface area contributed by atoms with Crippen molar-refractivity contribution in [3.05, 3.63) is 70.9 Å². The van der Waals surface area contributed by atoms with E-state index in [4.69, 9.17) is 9.47 Å². The van der Waals surface area contributed by atoms with Crippen LogP contribution in [0.4, 0.5) is 0 Å². The van der Waals surface area contributed by atoms with Crippen LogP contribution in [0.5, 0.6) is 0 Å². The van der Waals surface area contributed by atoms with Gasteiger partial charge in [0.05, 0.1) is 12.6 Å². The molecule has 1 saturated heterocycles. The van der Waals surface area contributed by atoms with Gasteiger partial charge in [-0.15, -0.1) is 0 Å². The maximum Gasteiger partial charge on any atom is 0.246 e. The lowest BCUT2D eigenvalue weighted by Gasteiger charge is -2.47. The summed E-state index contributed by atoms with van der Waals surface area (Å²) in [5.74, 6) is -0.142. The molecule has 1 N–H and O–H groups in total. The molecule has 2 atom stereocenters. The van der Waals surface area contributed by atoms with Gasteiger partial charge in [-0.1, -0.05) is 42.5 Å². The predicted octanol–water partition coefficient (Wildman–Crippen LogP) is 2.78. The van der Waals surface area contributed by atoms with Crippen molar-refractivity contribution in [1.29, 1.82) is 0 Å². The number of benzene rings is 2. The Morgan fingerprint density at radius 1 is 1.06 bits per heavy atom. The van der Waals surface area contributed by atoms with Crippen molar-refractivity contribution >= 4 is 22.7 Å². The zero-order valence-corrected chi connectivity index (χ0v) is 18.5. The average molecular weight is 434 g/mol. The van der Waals surface area contributed by atoms with Gasteiger partial charge in [0.15, 0.2) is 6.29 Å². The molecule has 7 nitrogen and oxygen atoms in total. The largest absolute Gasteiger partial charge is 0.356 e. The zero-order chi connectivity index (χ0) is 22.4. The second kappa shape index (κ2) is 8.07. The molecule has 0 aliphatic carbocycles. The first kappa shape index (κ1) is 20.7. The number of nitrogens with one attached hydrogen (secondary N) is 1. The first-order chi connectivity index (χ1) is 15.5. The molecule has 2 aromatic carbocycles. The molecule has 7 heteroatoms. The van der Waals surface area contributed by atoms with Gasteiger partial charge < -0.3 is 24.3 Å². The van der Waals surface area contributed by atoms with Gasteiger partial charge in [-0.25, -0.2) is 0 Å². The molecule has 3 aromatic rings. The van der Waals surface area contributed by atoms with Gasteiger partial charge in [0, 0.05) is 37.2 Å². The Balaban J connectivity index is 1.64. The van der Waals surface area contributed by atoms with Crippen LogP contribution in [0.15, 0.2) is 48.5 Å². The Kier molecular flexibility index (Phi) is 5.23. The number of fused-ring (bicyclic) bond motifs is 4. The number of H-pyrrole nitrogens is 1. The minimum atomic E-state index is -0.572. The number of ether oxygens (including phenoxy) is 2. The summed E-state index contributed by atoms with van der Waals surface area (Å²) < 4.78 is 10.6. The van der Waals surface area contributed by atoms with Crippen LogP contribution in [0.3, 0.4) is 0 Å². The summed E-state index contributed by atoms with van der Waals surface area (Å²) in [5, 5.41) is 1.10. The number of carbonyl (C=O) groups is 2. The highest BCUT2D eigenvalue weighted by molar-refractivity contribution is 5.97. The molecule has 2 amide bonds. The molecule has 166 valence electrons. The van der Waals surface area contributed by atoms with E-state index >= 15 is 0 Å². The number of nitrogens with zero attached hydrogens (tertiary/aromatic N) is 2. The average Bonchev–Trinajstić information content (AvgIpc) is 3.18. The molecule has 0 spiro atoms. The molecule has 0 saturated carbocycles. The van der Waals surface area contributed by atoms with Gasteiger partial charge in [0.25, 0.3) is 0 Å². The lowest BCUT2D eigenvalue weighted by Crippen LogP contribution is -2.64. The van der Waals surface area contributed by atoms with E-state index < -0.39 is 12.3 Å². The highest BCUT2D eigenvalue weighted by atomic mass is 16.7. The van der Waals surface area contributed by atoms with Crippen LogP contribution in [0.2, 0.25) is 0 Å². The van der Waals surface area contributed by atoms with E-state index in [0.717, 1.165) is 33.3 Å². The van der Waals surface area contributed by atoms with E-state index in [-0.39, 0.29) is 30.9 Å². The highest BCUT2D eigenvalue weighted by Gasteiger charge is 2.48. The Labute approximate surface area is 186 Å². The van der Waals surface area contributed by atoms with E-state index in [1.807, 2.05) is 49.4 Å². The number of para-hydroxylation sites is 1. The number of hydrogen-bond donors (Lipinski definition) is 1. The Hall–Kier alpha value is -3.16. The van der Waals surface area contributed by atoms with Crippen LogP contribution in [0, 0.1) is 6.92 Å². The summed E-state index contributed by atoms with van der Waals surface area (Å²) in [6.07, 6.45) is -0.0920. The quantitative estimate of drug-likeness (QED) is 0.628. The van der Waals surface area contributed by atoms with Crippen LogP contribution in [-0.2, 0) is 25.5 Å². The Bertz CT molecular complexity index is 1180. The SMILES string of the molecule is COC(CN1CC(=O)N2[C@@H](c3ccccc3C)c3[nH]c4ccccc4c3C[C@H]2C1=O)OC. The molecule has 1 fully saturated rings. The summed E-state index contributed by atoms with van der Waals surface area (Å²) in [6, 6.07) is 15.3. The summed E-state index contributed by atoms with van der Waals surface area (Å²) >= 11 is 0. The lowest BCUT2D eigenvalue weighted by atomic mass is 9.85. The van der Waals surface area contributed by atoms with Crippen molar-refractivity contribution in [3.8, 4) is 0 Å². The molecule has 0 bridgehead atoms. The van der Waals surface area contributed by atoms with E-state index in [0.29, 0.717) is 6.42 Å². The summed E-state index contributed by atoms with van der Waals surface area (Å²) in [7, 11) is 3.06. The summed E-state index contributed by atoms with van der Waals surface area (Å²) in [4.78, 5) is 34.0. The van der Waals surface area contributed by atoms with Crippen molar-refractivity contribution in [2.45, 2.75) is 31.7 Å². The maximum atomic E-state index is 13.6. The van der Waals surface area contributed by atoms with Gasteiger partial charge in [0.1, 0.15) is 12.6 Å². The van der Waals surface area contributed by atoms with Gasteiger partial charge in [0.2, 0.25) is 11.8 Å². The Morgan fingerprint density at radius 3 is 2.53 bits per heavy atom. The molecule has 3 heterocycles. The van der Waals surface area contributed by atoms with E-state index in [1.54, 1.807) is 9.80 Å². The number of aromatic amines is 1. The molecule has 2 aliphatic rings. The van der Waals surface area contributed by atoms with Crippen molar-refractivity contribution in [1.82, 2.24) is 14.8 Å². The van der Waals surface area contributed by atoms with Crippen molar-refractivity contribution in [2.24, 2.45) is 0 Å². The third kappa shape index (κ3) is 3.20.